The average molecular weight is 538 g/mol. The van der Waals surface area contributed by atoms with Gasteiger partial charge in [0.1, 0.15) is 10.7 Å². The molecule has 2 fully saturated rings. The number of amides is 3. The summed E-state index contributed by atoms with van der Waals surface area (Å²) in [6, 6.07) is 10.7. The van der Waals surface area contributed by atoms with Crippen molar-refractivity contribution in [3.05, 3.63) is 70.0 Å². The van der Waals surface area contributed by atoms with Crippen LogP contribution in [-0.4, -0.2) is 89.5 Å². The fourth-order valence-corrected chi connectivity index (χ4v) is 5.27. The number of nitrogens with zero attached hydrogens (tertiary/aromatic N) is 5. The molecule has 12 heteroatoms. The Bertz CT molecular complexity index is 1350. The van der Waals surface area contributed by atoms with E-state index in [0.29, 0.717) is 61.1 Å². The van der Waals surface area contributed by atoms with Crippen LogP contribution in [-0.2, 0) is 0 Å². The van der Waals surface area contributed by atoms with Gasteiger partial charge >= 0.3 is 0 Å². The van der Waals surface area contributed by atoms with Crippen LogP contribution < -0.4 is 15.5 Å². The lowest BCUT2D eigenvalue weighted by molar-refractivity contribution is 0.0732. The lowest BCUT2D eigenvalue weighted by Crippen LogP contribution is -2.49. The molecule has 2 aromatic carbocycles. The minimum absolute atomic E-state index is 0.0891. The highest BCUT2D eigenvalue weighted by molar-refractivity contribution is 7.07. The number of halogens is 1. The molecule has 5 rings (SSSR count). The summed E-state index contributed by atoms with van der Waals surface area (Å²) in [5, 5.41) is 10.1. The number of aryl methyl sites for hydroxylation is 1. The molecule has 0 bridgehead atoms. The zero-order valence-corrected chi connectivity index (χ0v) is 21.8. The van der Waals surface area contributed by atoms with Crippen LogP contribution in [0.15, 0.2) is 42.5 Å². The normalized spacial score (nSPS) is 15.9. The molecular formula is C26H28FN7O3S. The van der Waals surface area contributed by atoms with E-state index in [1.807, 2.05) is 6.07 Å². The summed E-state index contributed by atoms with van der Waals surface area (Å²) in [6.45, 7) is 6.47. The Morgan fingerprint density at radius 1 is 0.921 bits per heavy atom. The smallest absolute Gasteiger partial charge is 0.267 e. The van der Waals surface area contributed by atoms with Crippen molar-refractivity contribution in [1.29, 1.82) is 0 Å². The molecule has 0 unspecified atom stereocenters. The zero-order chi connectivity index (χ0) is 26.6. The van der Waals surface area contributed by atoms with E-state index in [2.05, 4.69) is 25.1 Å². The van der Waals surface area contributed by atoms with Crippen LogP contribution in [0, 0.1) is 12.7 Å². The van der Waals surface area contributed by atoms with E-state index in [-0.39, 0.29) is 17.4 Å². The van der Waals surface area contributed by atoms with Crippen LogP contribution in [0.3, 0.4) is 0 Å². The van der Waals surface area contributed by atoms with Crippen LogP contribution in [0.2, 0.25) is 0 Å². The molecule has 38 heavy (non-hydrogen) atoms. The van der Waals surface area contributed by atoms with Gasteiger partial charge in [-0.3, -0.25) is 14.4 Å². The van der Waals surface area contributed by atoms with E-state index in [9.17, 15) is 18.8 Å². The summed E-state index contributed by atoms with van der Waals surface area (Å²) in [7, 11) is 0. The highest BCUT2D eigenvalue weighted by atomic mass is 32.1. The number of carbonyl (C=O) groups excluding carboxylic acids is 3. The van der Waals surface area contributed by atoms with E-state index in [1.165, 1.54) is 24.3 Å². The monoisotopic (exact) mass is 537 g/mol. The van der Waals surface area contributed by atoms with E-state index in [4.69, 9.17) is 0 Å². The van der Waals surface area contributed by atoms with Gasteiger partial charge in [0.2, 0.25) is 0 Å². The van der Waals surface area contributed by atoms with Gasteiger partial charge in [-0.15, -0.1) is 5.10 Å². The molecule has 0 aliphatic carbocycles. The third kappa shape index (κ3) is 5.50. The second-order valence-corrected chi connectivity index (χ2v) is 9.96. The van der Waals surface area contributed by atoms with Crippen molar-refractivity contribution in [2.24, 2.45) is 0 Å². The first-order valence-corrected chi connectivity index (χ1v) is 13.2. The Hall–Kier alpha value is -3.90. The van der Waals surface area contributed by atoms with Gasteiger partial charge in [0.25, 0.3) is 17.7 Å². The third-order valence-electron chi connectivity index (χ3n) is 6.74. The zero-order valence-electron chi connectivity index (χ0n) is 20.9. The van der Waals surface area contributed by atoms with E-state index in [0.717, 1.165) is 30.3 Å². The van der Waals surface area contributed by atoms with Gasteiger partial charge in [-0.2, -0.15) is 0 Å². The van der Waals surface area contributed by atoms with Crippen LogP contribution in [0.4, 0.5) is 15.8 Å². The Morgan fingerprint density at radius 3 is 2.34 bits per heavy atom. The molecule has 3 heterocycles. The summed E-state index contributed by atoms with van der Waals surface area (Å²) < 4.78 is 17.6. The first kappa shape index (κ1) is 25.7. The third-order valence-corrected chi connectivity index (χ3v) is 7.55. The fourth-order valence-electron chi connectivity index (χ4n) is 4.64. The van der Waals surface area contributed by atoms with Crippen molar-refractivity contribution in [3.8, 4) is 0 Å². The maximum atomic E-state index is 13.8. The summed E-state index contributed by atoms with van der Waals surface area (Å²) in [4.78, 5) is 45.2. The lowest BCUT2D eigenvalue weighted by Gasteiger charge is -2.37. The van der Waals surface area contributed by atoms with Gasteiger partial charge in [0.15, 0.2) is 0 Å². The lowest BCUT2D eigenvalue weighted by atomic mass is 10.1. The second kappa shape index (κ2) is 11.2. The molecule has 3 amide bonds. The summed E-state index contributed by atoms with van der Waals surface area (Å²) >= 11 is 1.09. The Balaban J connectivity index is 1.38. The quantitative estimate of drug-likeness (QED) is 0.514. The number of anilines is 2. The number of rotatable bonds is 5. The van der Waals surface area contributed by atoms with Crippen molar-refractivity contribution in [1.82, 2.24) is 24.7 Å². The van der Waals surface area contributed by atoms with Crippen molar-refractivity contribution in [2.45, 2.75) is 6.92 Å². The van der Waals surface area contributed by atoms with E-state index >= 15 is 0 Å². The SMILES string of the molecule is Cc1nnsc1C(=O)N1CCN(c2ccc(C(=O)N3CCNCC3)cc2NC(=O)c2cccc(F)c2)CC1. The first-order chi connectivity index (χ1) is 18.4. The fraction of sp³-hybridized carbons (Fsp3) is 0.346. The Labute approximate surface area is 223 Å². The van der Waals surface area contributed by atoms with Crippen molar-refractivity contribution >= 4 is 40.6 Å². The molecule has 198 valence electrons. The molecule has 2 aliphatic rings. The molecule has 2 saturated heterocycles. The number of aromatic nitrogens is 2. The number of piperazine rings is 2. The summed E-state index contributed by atoms with van der Waals surface area (Å²) in [5.41, 5.74) is 2.46. The molecule has 3 aromatic rings. The molecule has 0 saturated carbocycles. The topological polar surface area (TPSA) is 111 Å². The van der Waals surface area contributed by atoms with Gasteiger partial charge in [0.05, 0.1) is 17.1 Å². The first-order valence-electron chi connectivity index (χ1n) is 12.4. The molecule has 10 nitrogen and oxygen atoms in total. The van der Waals surface area contributed by atoms with Crippen LogP contribution in [0.1, 0.15) is 36.1 Å². The van der Waals surface area contributed by atoms with Crippen molar-refractivity contribution in [3.63, 3.8) is 0 Å². The highest BCUT2D eigenvalue weighted by Gasteiger charge is 2.27. The minimum atomic E-state index is -0.507. The largest absolute Gasteiger partial charge is 0.366 e. The van der Waals surface area contributed by atoms with E-state index in [1.54, 1.807) is 28.9 Å². The van der Waals surface area contributed by atoms with Crippen LogP contribution >= 0.6 is 11.5 Å². The average Bonchev–Trinajstić information content (AvgIpc) is 3.38. The van der Waals surface area contributed by atoms with Crippen molar-refractivity contribution in [2.75, 3.05) is 62.6 Å². The Kier molecular flexibility index (Phi) is 7.61. The number of benzene rings is 2. The molecule has 2 N–H and O–H groups in total. The second-order valence-electron chi connectivity index (χ2n) is 9.21. The molecule has 0 atom stereocenters. The van der Waals surface area contributed by atoms with Gasteiger partial charge in [-0.1, -0.05) is 10.6 Å². The van der Waals surface area contributed by atoms with Gasteiger partial charge in [-0.25, -0.2) is 4.39 Å². The standard InChI is InChI=1S/C26H28FN7O3S/c1-17-23(38-31-30-17)26(37)34-13-11-32(12-14-34)22-6-5-19(25(36)33-9-7-28-8-10-33)16-21(22)29-24(35)18-3-2-4-20(27)15-18/h2-6,15-16,28H,7-14H2,1H3,(H,29,35). The summed E-state index contributed by atoms with van der Waals surface area (Å²) in [6.07, 6.45) is 0. The Morgan fingerprint density at radius 2 is 1.66 bits per heavy atom. The molecule has 0 spiro atoms. The predicted octanol–water partition coefficient (Wildman–Crippen LogP) is 2.25. The molecule has 0 radical (unpaired) electrons. The van der Waals surface area contributed by atoms with Gasteiger partial charge in [0, 0.05) is 63.5 Å². The van der Waals surface area contributed by atoms with Gasteiger partial charge in [-0.05, 0) is 54.9 Å². The minimum Gasteiger partial charge on any atom is -0.366 e. The van der Waals surface area contributed by atoms with Crippen LogP contribution in [0.25, 0.3) is 0 Å². The molecule has 1 aromatic heterocycles. The van der Waals surface area contributed by atoms with Gasteiger partial charge < -0.3 is 25.3 Å². The van der Waals surface area contributed by atoms with E-state index < -0.39 is 11.7 Å². The highest BCUT2D eigenvalue weighted by Crippen LogP contribution is 2.30. The number of carbonyl (C=O) groups is 3. The van der Waals surface area contributed by atoms with Crippen LogP contribution in [0.5, 0.6) is 0 Å². The summed E-state index contributed by atoms with van der Waals surface area (Å²) in [5.74, 6) is -1.18. The number of hydrogen-bond acceptors (Lipinski definition) is 8. The maximum absolute atomic E-state index is 13.8. The van der Waals surface area contributed by atoms with Crippen molar-refractivity contribution < 1.29 is 18.8 Å². The maximum Gasteiger partial charge on any atom is 0.267 e. The molecule has 2 aliphatic heterocycles. The predicted molar refractivity (Wildman–Crippen MR) is 142 cm³/mol. The number of hydrogen-bond donors (Lipinski definition) is 2. The molecular weight excluding hydrogens is 509 g/mol. The number of nitrogens with one attached hydrogen (secondary N) is 2.